The highest BCUT2D eigenvalue weighted by molar-refractivity contribution is 4.98. The molecule has 1 unspecified atom stereocenters. The van der Waals surface area contributed by atoms with Gasteiger partial charge in [-0.05, 0) is 24.9 Å². The third kappa shape index (κ3) is 1.78. The van der Waals surface area contributed by atoms with Crippen LogP contribution in [0.1, 0.15) is 27.2 Å². The lowest BCUT2D eigenvalue weighted by Crippen LogP contribution is -2.43. The first kappa shape index (κ1) is 9.54. The monoisotopic (exact) mass is 166 g/mol. The van der Waals surface area contributed by atoms with Gasteiger partial charge in [-0.15, -0.1) is 0 Å². The molecule has 0 aliphatic carbocycles. The molecule has 2 heteroatoms. The fourth-order valence-corrected chi connectivity index (χ4v) is 1.72. The molecule has 1 aliphatic heterocycles. The Labute approximate surface area is 75.2 Å². The molecule has 0 aromatic carbocycles. The van der Waals surface area contributed by atoms with E-state index < -0.39 is 0 Å². The van der Waals surface area contributed by atoms with Crippen LogP contribution in [0.15, 0.2) is 0 Å². The van der Waals surface area contributed by atoms with Gasteiger partial charge in [-0.25, -0.2) is 0 Å². The van der Waals surface area contributed by atoms with Gasteiger partial charge in [-0.3, -0.25) is 0 Å². The molecule has 68 valence electrons. The Morgan fingerprint density at radius 3 is 2.75 bits per heavy atom. The van der Waals surface area contributed by atoms with Gasteiger partial charge in [-0.2, -0.15) is 5.26 Å². The number of nitrogens with zero attached hydrogens (tertiary/aromatic N) is 2. The van der Waals surface area contributed by atoms with Gasteiger partial charge in [0.2, 0.25) is 0 Å². The zero-order valence-corrected chi connectivity index (χ0v) is 8.30. The van der Waals surface area contributed by atoms with E-state index in [9.17, 15) is 0 Å². The van der Waals surface area contributed by atoms with Crippen LogP contribution in [0.3, 0.4) is 0 Å². The van der Waals surface area contributed by atoms with Gasteiger partial charge < -0.3 is 4.90 Å². The van der Waals surface area contributed by atoms with Gasteiger partial charge in [0.05, 0.1) is 12.0 Å². The lowest BCUT2D eigenvalue weighted by Gasteiger charge is -2.40. The number of piperidine rings is 1. The van der Waals surface area contributed by atoms with Crippen molar-refractivity contribution in [2.75, 3.05) is 19.6 Å². The van der Waals surface area contributed by atoms with Crippen LogP contribution in [0, 0.1) is 22.7 Å². The molecule has 0 saturated carbocycles. The molecule has 12 heavy (non-hydrogen) atoms. The fraction of sp³-hybridized carbons (Fsp3) is 0.900. The highest BCUT2D eigenvalue weighted by atomic mass is 15.1. The van der Waals surface area contributed by atoms with Crippen LogP contribution in [-0.2, 0) is 0 Å². The molecule has 0 radical (unpaired) electrons. The normalized spacial score (nSPS) is 29.7. The van der Waals surface area contributed by atoms with E-state index in [1.165, 1.54) is 0 Å². The molecule has 0 bridgehead atoms. The Morgan fingerprint density at radius 1 is 1.58 bits per heavy atom. The van der Waals surface area contributed by atoms with E-state index in [4.69, 9.17) is 5.26 Å². The maximum atomic E-state index is 8.96. The maximum Gasteiger partial charge on any atom is 0.0674 e. The van der Waals surface area contributed by atoms with E-state index in [-0.39, 0.29) is 11.3 Å². The van der Waals surface area contributed by atoms with Gasteiger partial charge in [0.25, 0.3) is 0 Å². The van der Waals surface area contributed by atoms with E-state index in [1.54, 1.807) is 0 Å². The highest BCUT2D eigenvalue weighted by Gasteiger charge is 2.34. The van der Waals surface area contributed by atoms with E-state index in [1.807, 2.05) is 0 Å². The second kappa shape index (κ2) is 3.45. The molecule has 0 aromatic rings. The van der Waals surface area contributed by atoms with Crippen molar-refractivity contribution >= 4 is 0 Å². The van der Waals surface area contributed by atoms with Gasteiger partial charge in [-0.1, -0.05) is 20.8 Å². The number of hydrogen-bond donors (Lipinski definition) is 0. The standard InChI is InChI=1S/C10H18N2/c1-4-12-6-5-10(2,3)9(7-11)8-12/h9H,4-6,8H2,1-3H3. The predicted molar refractivity (Wildman–Crippen MR) is 49.6 cm³/mol. The number of likely N-dealkylation sites (tertiary alicyclic amines) is 1. The Hall–Kier alpha value is -0.550. The molecule has 1 rings (SSSR count). The molecule has 0 N–H and O–H groups in total. The van der Waals surface area contributed by atoms with Crippen molar-refractivity contribution < 1.29 is 0 Å². The number of nitriles is 1. The van der Waals surface area contributed by atoms with E-state index >= 15 is 0 Å². The molecule has 0 spiro atoms. The average molecular weight is 166 g/mol. The van der Waals surface area contributed by atoms with Crippen molar-refractivity contribution in [1.29, 1.82) is 5.26 Å². The predicted octanol–water partition coefficient (Wildman–Crippen LogP) is 1.88. The van der Waals surface area contributed by atoms with Crippen LogP contribution >= 0.6 is 0 Å². The van der Waals surface area contributed by atoms with Gasteiger partial charge >= 0.3 is 0 Å². The zero-order valence-electron chi connectivity index (χ0n) is 8.30. The summed E-state index contributed by atoms with van der Waals surface area (Å²) in [6.07, 6.45) is 1.15. The van der Waals surface area contributed by atoms with Crippen molar-refractivity contribution in [3.8, 4) is 6.07 Å². The molecule has 1 heterocycles. The second-order valence-electron chi connectivity index (χ2n) is 4.31. The molecule has 1 fully saturated rings. The first-order valence-electron chi connectivity index (χ1n) is 4.72. The first-order valence-corrected chi connectivity index (χ1v) is 4.72. The fourth-order valence-electron chi connectivity index (χ4n) is 1.72. The minimum atomic E-state index is 0.214. The molecule has 0 aromatic heterocycles. The topological polar surface area (TPSA) is 27.0 Å². The van der Waals surface area contributed by atoms with Crippen molar-refractivity contribution in [2.24, 2.45) is 11.3 Å². The minimum Gasteiger partial charge on any atom is -0.302 e. The Balaban J connectivity index is 2.61. The molecular formula is C10H18N2. The second-order valence-corrected chi connectivity index (χ2v) is 4.31. The van der Waals surface area contributed by atoms with Crippen molar-refractivity contribution in [3.63, 3.8) is 0 Å². The zero-order chi connectivity index (χ0) is 9.19. The van der Waals surface area contributed by atoms with E-state index in [0.29, 0.717) is 0 Å². The van der Waals surface area contributed by atoms with Crippen LogP contribution in [0.4, 0.5) is 0 Å². The molecule has 0 amide bonds. The van der Waals surface area contributed by atoms with Gasteiger partial charge in [0, 0.05) is 6.54 Å². The van der Waals surface area contributed by atoms with Crippen LogP contribution in [0.25, 0.3) is 0 Å². The Bertz CT molecular complexity index is 191. The summed E-state index contributed by atoms with van der Waals surface area (Å²) in [6, 6.07) is 2.42. The summed E-state index contributed by atoms with van der Waals surface area (Å²) >= 11 is 0. The van der Waals surface area contributed by atoms with Crippen molar-refractivity contribution in [3.05, 3.63) is 0 Å². The third-order valence-electron chi connectivity index (χ3n) is 3.06. The largest absolute Gasteiger partial charge is 0.302 e. The van der Waals surface area contributed by atoms with Crippen LogP contribution in [-0.4, -0.2) is 24.5 Å². The van der Waals surface area contributed by atoms with Crippen LogP contribution in [0.2, 0.25) is 0 Å². The summed E-state index contributed by atoms with van der Waals surface area (Å²) in [5.41, 5.74) is 0.223. The molecule has 2 nitrogen and oxygen atoms in total. The van der Waals surface area contributed by atoms with Gasteiger partial charge in [0.15, 0.2) is 0 Å². The summed E-state index contributed by atoms with van der Waals surface area (Å²) in [5, 5.41) is 8.96. The highest BCUT2D eigenvalue weighted by Crippen LogP contribution is 2.34. The number of rotatable bonds is 1. The summed E-state index contributed by atoms with van der Waals surface area (Å²) in [5.74, 6) is 0.214. The van der Waals surface area contributed by atoms with E-state index in [2.05, 4.69) is 31.7 Å². The first-order chi connectivity index (χ1) is 5.60. The summed E-state index contributed by atoms with van der Waals surface area (Å²) in [6.45, 7) is 9.75. The van der Waals surface area contributed by atoms with Crippen molar-refractivity contribution in [2.45, 2.75) is 27.2 Å². The SMILES string of the molecule is CCN1CCC(C)(C)C(C#N)C1. The summed E-state index contributed by atoms with van der Waals surface area (Å²) < 4.78 is 0. The minimum absolute atomic E-state index is 0.214. The molecule has 1 saturated heterocycles. The lowest BCUT2D eigenvalue weighted by atomic mass is 9.74. The average Bonchev–Trinajstić information content (AvgIpc) is 2.04. The van der Waals surface area contributed by atoms with Gasteiger partial charge in [0.1, 0.15) is 0 Å². The third-order valence-corrected chi connectivity index (χ3v) is 3.06. The van der Waals surface area contributed by atoms with Crippen molar-refractivity contribution in [1.82, 2.24) is 4.90 Å². The maximum absolute atomic E-state index is 8.96. The van der Waals surface area contributed by atoms with Crippen LogP contribution < -0.4 is 0 Å². The Morgan fingerprint density at radius 2 is 2.25 bits per heavy atom. The summed E-state index contributed by atoms with van der Waals surface area (Å²) in [4.78, 5) is 2.36. The summed E-state index contributed by atoms with van der Waals surface area (Å²) in [7, 11) is 0. The van der Waals surface area contributed by atoms with Crippen LogP contribution in [0.5, 0.6) is 0 Å². The Kier molecular flexibility index (Phi) is 2.74. The number of hydrogen-bond acceptors (Lipinski definition) is 2. The lowest BCUT2D eigenvalue weighted by molar-refractivity contribution is 0.0953. The molecule has 1 atom stereocenters. The van der Waals surface area contributed by atoms with E-state index in [0.717, 1.165) is 26.1 Å². The smallest absolute Gasteiger partial charge is 0.0674 e. The molecule has 1 aliphatic rings. The molecular weight excluding hydrogens is 148 g/mol. The quantitative estimate of drug-likeness (QED) is 0.594.